The number of rotatable bonds is 2. The van der Waals surface area contributed by atoms with Gasteiger partial charge in [0.15, 0.2) is 0 Å². The fraction of sp³-hybridized carbons (Fsp3) is 0.533. The molecule has 2 atom stereocenters. The van der Waals surface area contributed by atoms with Crippen molar-refractivity contribution in [2.75, 3.05) is 31.2 Å². The molecule has 2 bridgehead atoms. The molecule has 0 spiro atoms. The summed E-state index contributed by atoms with van der Waals surface area (Å²) >= 11 is 0. The lowest BCUT2D eigenvalue weighted by atomic mass is 9.84. The number of hydrogen-bond donors (Lipinski definition) is 1. The van der Waals surface area contributed by atoms with Gasteiger partial charge in [-0.1, -0.05) is 0 Å². The lowest BCUT2D eigenvalue weighted by Gasteiger charge is -2.60. The molecule has 2 unspecified atom stereocenters. The zero-order valence-corrected chi connectivity index (χ0v) is 12.1. The Bertz CT molecular complexity index is 775. The lowest BCUT2D eigenvalue weighted by molar-refractivity contribution is -0.141. The molecule has 4 aliphatic rings. The van der Waals surface area contributed by atoms with Crippen LogP contribution in [0.4, 0.5) is 5.69 Å². The quantitative estimate of drug-likeness (QED) is 0.840. The second-order valence-electron chi connectivity index (χ2n) is 6.38. The second-order valence-corrected chi connectivity index (χ2v) is 6.38. The van der Waals surface area contributed by atoms with E-state index in [2.05, 4.69) is 24.8 Å². The van der Waals surface area contributed by atoms with Gasteiger partial charge in [-0.3, -0.25) is 9.69 Å². The molecule has 0 radical (unpaired) electrons. The zero-order chi connectivity index (χ0) is 14.7. The van der Waals surface area contributed by atoms with E-state index in [4.69, 9.17) is 4.74 Å². The summed E-state index contributed by atoms with van der Waals surface area (Å²) in [4.78, 5) is 28.3. The standard InChI is InChI=1S/C15H17N5O2/c21-15-14(13-9(3-17-15)2-16-8-18-13)19-4-10-1-11(5-19)20(10)12-6-22-7-12/h2-3,8,10-12H,1,4-7H2,(H,17,21). The van der Waals surface area contributed by atoms with Crippen molar-refractivity contribution in [1.29, 1.82) is 0 Å². The van der Waals surface area contributed by atoms with Gasteiger partial charge >= 0.3 is 0 Å². The Balaban J connectivity index is 1.49. The van der Waals surface area contributed by atoms with E-state index in [0.29, 0.717) is 23.8 Å². The maximum atomic E-state index is 12.3. The number of fused-ring (bicyclic) bond motifs is 3. The van der Waals surface area contributed by atoms with E-state index < -0.39 is 0 Å². The summed E-state index contributed by atoms with van der Waals surface area (Å²) in [6.45, 7) is 3.49. The van der Waals surface area contributed by atoms with Gasteiger partial charge in [-0.15, -0.1) is 0 Å². The molecule has 6 rings (SSSR count). The average molecular weight is 299 g/mol. The van der Waals surface area contributed by atoms with E-state index in [1.807, 2.05) is 0 Å². The van der Waals surface area contributed by atoms with Crippen LogP contribution < -0.4 is 10.5 Å². The second kappa shape index (κ2) is 4.50. The number of piperazine rings is 1. The summed E-state index contributed by atoms with van der Waals surface area (Å²) < 4.78 is 5.32. The summed E-state index contributed by atoms with van der Waals surface area (Å²) in [6, 6.07) is 1.65. The van der Waals surface area contributed by atoms with Crippen LogP contribution in [-0.4, -0.2) is 64.3 Å². The van der Waals surface area contributed by atoms with Crippen molar-refractivity contribution in [3.63, 3.8) is 0 Å². The highest BCUT2D eigenvalue weighted by Crippen LogP contribution is 2.38. The molecule has 22 heavy (non-hydrogen) atoms. The third-order valence-corrected chi connectivity index (χ3v) is 5.15. The Morgan fingerprint density at radius 3 is 2.77 bits per heavy atom. The summed E-state index contributed by atoms with van der Waals surface area (Å²) in [5, 5.41) is 0.876. The Morgan fingerprint density at radius 1 is 1.23 bits per heavy atom. The van der Waals surface area contributed by atoms with Gasteiger partial charge in [0.2, 0.25) is 0 Å². The minimum atomic E-state index is -0.0639. The molecular formula is C15H17N5O2. The summed E-state index contributed by atoms with van der Waals surface area (Å²) in [6.07, 6.45) is 6.16. The van der Waals surface area contributed by atoms with E-state index in [0.717, 1.165) is 37.2 Å². The Hall–Kier alpha value is -1.99. The fourth-order valence-electron chi connectivity index (χ4n) is 4.07. The van der Waals surface area contributed by atoms with E-state index in [1.54, 1.807) is 12.4 Å². The number of aromatic amines is 1. The predicted octanol–water partition coefficient (Wildman–Crippen LogP) is -0.0202. The molecule has 4 saturated heterocycles. The number of pyridine rings is 1. The number of aromatic nitrogens is 3. The number of nitrogens with zero attached hydrogens (tertiary/aromatic N) is 4. The Morgan fingerprint density at radius 2 is 2.05 bits per heavy atom. The topological polar surface area (TPSA) is 74.4 Å². The molecule has 2 aromatic heterocycles. The van der Waals surface area contributed by atoms with Crippen LogP contribution in [0.1, 0.15) is 6.42 Å². The highest BCUT2D eigenvalue weighted by molar-refractivity contribution is 5.89. The summed E-state index contributed by atoms with van der Waals surface area (Å²) in [5.74, 6) is 0. The van der Waals surface area contributed by atoms with Crippen molar-refractivity contribution in [3.8, 4) is 0 Å². The van der Waals surface area contributed by atoms with Gasteiger partial charge in [-0.2, -0.15) is 0 Å². The number of piperidine rings is 1. The molecular weight excluding hydrogens is 282 g/mol. The molecule has 4 fully saturated rings. The first-order valence-electron chi connectivity index (χ1n) is 7.73. The first-order valence-corrected chi connectivity index (χ1v) is 7.73. The van der Waals surface area contributed by atoms with Crippen molar-refractivity contribution in [1.82, 2.24) is 19.9 Å². The average Bonchev–Trinajstić information content (AvgIpc) is 2.50. The maximum Gasteiger partial charge on any atom is 0.273 e. The predicted molar refractivity (Wildman–Crippen MR) is 81.0 cm³/mol. The molecule has 7 nitrogen and oxygen atoms in total. The number of hydrogen-bond acceptors (Lipinski definition) is 6. The van der Waals surface area contributed by atoms with Crippen LogP contribution in [0.15, 0.2) is 23.5 Å². The van der Waals surface area contributed by atoms with Crippen molar-refractivity contribution in [3.05, 3.63) is 29.1 Å². The minimum Gasteiger partial charge on any atom is -0.378 e. The van der Waals surface area contributed by atoms with Crippen LogP contribution in [0.25, 0.3) is 10.9 Å². The van der Waals surface area contributed by atoms with E-state index in [1.165, 1.54) is 12.7 Å². The smallest absolute Gasteiger partial charge is 0.273 e. The molecule has 7 heteroatoms. The van der Waals surface area contributed by atoms with Crippen LogP contribution in [-0.2, 0) is 4.74 Å². The third-order valence-electron chi connectivity index (χ3n) is 5.15. The van der Waals surface area contributed by atoms with E-state index >= 15 is 0 Å². The van der Waals surface area contributed by atoms with Crippen molar-refractivity contribution in [2.45, 2.75) is 24.5 Å². The number of H-pyrrole nitrogens is 1. The molecule has 6 heterocycles. The Labute approximate surface area is 126 Å². The number of anilines is 1. The highest BCUT2D eigenvalue weighted by atomic mass is 16.5. The fourth-order valence-corrected chi connectivity index (χ4v) is 4.07. The zero-order valence-electron chi connectivity index (χ0n) is 12.1. The molecule has 114 valence electrons. The number of nitrogens with one attached hydrogen (secondary N) is 1. The lowest BCUT2D eigenvalue weighted by Crippen LogP contribution is -2.74. The molecule has 1 N–H and O–H groups in total. The van der Waals surface area contributed by atoms with Gasteiger partial charge in [-0.25, -0.2) is 9.97 Å². The molecule has 0 saturated carbocycles. The van der Waals surface area contributed by atoms with Crippen molar-refractivity contribution < 1.29 is 4.74 Å². The molecule has 0 aromatic carbocycles. The Kier molecular flexibility index (Phi) is 2.57. The highest BCUT2D eigenvalue weighted by Gasteiger charge is 2.49. The van der Waals surface area contributed by atoms with Crippen LogP contribution >= 0.6 is 0 Å². The van der Waals surface area contributed by atoms with Crippen LogP contribution in [0.3, 0.4) is 0 Å². The first-order chi connectivity index (χ1) is 10.8. The molecule has 2 aromatic rings. The monoisotopic (exact) mass is 299 g/mol. The van der Waals surface area contributed by atoms with E-state index in [9.17, 15) is 4.79 Å². The van der Waals surface area contributed by atoms with Gasteiger partial charge in [-0.05, 0) is 6.42 Å². The molecule has 0 aliphatic carbocycles. The SMILES string of the molecule is O=c1[nH]cc2cncnc2c1N1CC2CC(C1)N2C1COC1. The number of ether oxygens (including phenoxy) is 1. The third kappa shape index (κ3) is 1.66. The van der Waals surface area contributed by atoms with Crippen LogP contribution in [0, 0.1) is 0 Å². The minimum absolute atomic E-state index is 0.0639. The normalized spacial score (nSPS) is 28.5. The van der Waals surface area contributed by atoms with Gasteiger partial charge in [0, 0.05) is 43.0 Å². The van der Waals surface area contributed by atoms with Crippen molar-refractivity contribution >= 4 is 16.6 Å². The van der Waals surface area contributed by atoms with Gasteiger partial charge in [0.05, 0.1) is 19.3 Å². The molecule has 0 amide bonds. The van der Waals surface area contributed by atoms with Gasteiger partial charge in [0.25, 0.3) is 5.56 Å². The van der Waals surface area contributed by atoms with Crippen molar-refractivity contribution in [2.24, 2.45) is 0 Å². The van der Waals surface area contributed by atoms with Gasteiger partial charge < -0.3 is 14.6 Å². The van der Waals surface area contributed by atoms with Crippen LogP contribution in [0.2, 0.25) is 0 Å². The van der Waals surface area contributed by atoms with Crippen LogP contribution in [0.5, 0.6) is 0 Å². The van der Waals surface area contributed by atoms with E-state index in [-0.39, 0.29) is 5.56 Å². The largest absolute Gasteiger partial charge is 0.378 e. The summed E-state index contributed by atoms with van der Waals surface area (Å²) in [7, 11) is 0. The molecule has 4 aliphatic heterocycles. The maximum absolute atomic E-state index is 12.3. The van der Waals surface area contributed by atoms with Gasteiger partial charge in [0.1, 0.15) is 17.5 Å². The summed E-state index contributed by atoms with van der Waals surface area (Å²) in [5.41, 5.74) is 1.38. The first kappa shape index (κ1) is 12.5.